The van der Waals surface area contributed by atoms with Gasteiger partial charge in [0.25, 0.3) is 8.32 Å². The molecule has 1 saturated heterocycles. The molecular weight excluding hydrogens is 388 g/mol. The predicted molar refractivity (Wildman–Crippen MR) is 110 cm³/mol. The Hall–Kier alpha value is -1.68. The highest BCUT2D eigenvalue weighted by atomic mass is 79.9. The molecular formula is C22H21BrOSi. The minimum absolute atomic E-state index is 0.162. The molecule has 0 N–H and O–H groups in total. The van der Waals surface area contributed by atoms with Crippen LogP contribution in [0.3, 0.4) is 0 Å². The Labute approximate surface area is 158 Å². The van der Waals surface area contributed by atoms with Crippen LogP contribution < -0.4 is 10.4 Å². The largest absolute Gasteiger partial charge is 0.401 e. The maximum atomic E-state index is 6.98. The summed E-state index contributed by atoms with van der Waals surface area (Å²) >= 11 is 3.53. The zero-order valence-electron chi connectivity index (χ0n) is 14.2. The van der Waals surface area contributed by atoms with Gasteiger partial charge in [-0.1, -0.05) is 95.7 Å². The van der Waals surface area contributed by atoms with Gasteiger partial charge in [0.2, 0.25) is 0 Å². The Bertz CT molecular complexity index is 793. The highest BCUT2D eigenvalue weighted by Crippen LogP contribution is 2.44. The number of benzene rings is 3. The third-order valence-corrected chi connectivity index (χ3v) is 10.4. The molecule has 3 aromatic carbocycles. The van der Waals surface area contributed by atoms with Gasteiger partial charge in [-0.25, -0.2) is 0 Å². The summed E-state index contributed by atoms with van der Waals surface area (Å²) in [6.45, 7) is 2.37. The van der Waals surface area contributed by atoms with Gasteiger partial charge in [0.05, 0.1) is 6.10 Å². The van der Waals surface area contributed by atoms with Crippen molar-refractivity contribution in [2.45, 2.75) is 25.0 Å². The molecule has 0 spiro atoms. The van der Waals surface area contributed by atoms with Crippen molar-refractivity contribution >= 4 is 34.6 Å². The number of hydrogen-bond acceptors (Lipinski definition) is 1. The Morgan fingerprint density at radius 2 is 1.32 bits per heavy atom. The van der Waals surface area contributed by atoms with Gasteiger partial charge in [0.1, 0.15) is 0 Å². The lowest BCUT2D eigenvalue weighted by Crippen LogP contribution is -2.60. The standard InChI is InChI=1S/C22H21BrOSi/c1-17-16-22(18-12-14-19(23)15-13-18)24-25(17,20-8-4-2-5-9-20)21-10-6-3-7-11-21/h2-15,17,22H,16H2,1H3/t17-,22+/m1/s1. The van der Waals surface area contributed by atoms with Crippen molar-refractivity contribution in [1.82, 2.24) is 0 Å². The number of hydrogen-bond donors (Lipinski definition) is 0. The first kappa shape index (κ1) is 16.8. The first-order chi connectivity index (χ1) is 12.2. The van der Waals surface area contributed by atoms with Crippen LogP contribution in [0.25, 0.3) is 0 Å². The average Bonchev–Trinajstić information content (AvgIpc) is 3.02. The van der Waals surface area contributed by atoms with Crippen molar-refractivity contribution in [3.63, 3.8) is 0 Å². The molecule has 0 aromatic heterocycles. The zero-order valence-corrected chi connectivity index (χ0v) is 16.8. The van der Waals surface area contributed by atoms with Gasteiger partial charge in [-0.3, -0.25) is 0 Å². The van der Waals surface area contributed by atoms with Crippen molar-refractivity contribution in [3.05, 3.63) is 95.0 Å². The van der Waals surface area contributed by atoms with Crippen molar-refractivity contribution in [1.29, 1.82) is 0 Å². The molecule has 1 aliphatic rings. The van der Waals surface area contributed by atoms with Crippen LogP contribution in [0, 0.1) is 0 Å². The van der Waals surface area contributed by atoms with E-state index in [0.29, 0.717) is 5.54 Å². The normalized spacial score (nSPS) is 22.0. The Morgan fingerprint density at radius 1 is 0.800 bits per heavy atom. The molecule has 25 heavy (non-hydrogen) atoms. The Morgan fingerprint density at radius 3 is 1.84 bits per heavy atom. The summed E-state index contributed by atoms with van der Waals surface area (Å²) < 4.78 is 8.09. The first-order valence-corrected chi connectivity index (χ1v) is 11.5. The summed E-state index contributed by atoms with van der Waals surface area (Å²) in [5, 5.41) is 2.74. The van der Waals surface area contributed by atoms with Crippen molar-refractivity contribution in [3.8, 4) is 0 Å². The fraction of sp³-hybridized carbons (Fsp3) is 0.182. The average molecular weight is 409 g/mol. The van der Waals surface area contributed by atoms with Crippen LogP contribution in [0.1, 0.15) is 25.0 Å². The minimum Gasteiger partial charge on any atom is -0.401 e. The third-order valence-electron chi connectivity index (χ3n) is 5.24. The van der Waals surface area contributed by atoms with Gasteiger partial charge < -0.3 is 4.43 Å². The molecule has 0 amide bonds. The van der Waals surface area contributed by atoms with Gasteiger partial charge >= 0.3 is 0 Å². The van der Waals surface area contributed by atoms with Gasteiger partial charge in [-0.2, -0.15) is 0 Å². The summed E-state index contributed by atoms with van der Waals surface area (Å²) in [4.78, 5) is 0. The predicted octanol–water partition coefficient (Wildman–Crippen LogP) is 5.06. The molecule has 0 saturated carbocycles. The van der Waals surface area contributed by atoms with E-state index >= 15 is 0 Å². The van der Waals surface area contributed by atoms with Gasteiger partial charge in [-0.05, 0) is 40.0 Å². The zero-order chi connectivity index (χ0) is 17.3. The molecule has 0 bridgehead atoms. The van der Waals surface area contributed by atoms with Crippen LogP contribution in [-0.4, -0.2) is 8.32 Å². The van der Waals surface area contributed by atoms with E-state index in [4.69, 9.17) is 4.43 Å². The van der Waals surface area contributed by atoms with E-state index < -0.39 is 8.32 Å². The summed E-state index contributed by atoms with van der Waals surface area (Å²) in [6.07, 6.45) is 1.23. The van der Waals surface area contributed by atoms with Crippen molar-refractivity contribution in [2.24, 2.45) is 0 Å². The lowest BCUT2D eigenvalue weighted by molar-refractivity contribution is 0.234. The second-order valence-corrected chi connectivity index (χ2v) is 11.5. The maximum Gasteiger partial charge on any atom is 0.259 e. The van der Waals surface area contributed by atoms with E-state index in [-0.39, 0.29) is 6.10 Å². The van der Waals surface area contributed by atoms with Gasteiger partial charge in [0.15, 0.2) is 0 Å². The summed E-state index contributed by atoms with van der Waals surface area (Å²) in [6, 6.07) is 30.3. The molecule has 0 radical (unpaired) electrons. The summed E-state index contributed by atoms with van der Waals surface area (Å²) in [5.74, 6) is 0. The Kier molecular flexibility index (Phi) is 4.63. The fourth-order valence-electron chi connectivity index (χ4n) is 4.00. The molecule has 1 heterocycles. The lowest BCUT2D eigenvalue weighted by atomic mass is 10.1. The molecule has 126 valence electrons. The smallest absolute Gasteiger partial charge is 0.259 e. The quantitative estimate of drug-likeness (QED) is 0.550. The van der Waals surface area contributed by atoms with Crippen LogP contribution in [-0.2, 0) is 4.43 Å². The van der Waals surface area contributed by atoms with Crippen molar-refractivity contribution < 1.29 is 4.43 Å². The van der Waals surface area contributed by atoms with E-state index in [2.05, 4.69) is 108 Å². The number of halogens is 1. The molecule has 4 rings (SSSR count). The first-order valence-electron chi connectivity index (χ1n) is 8.74. The molecule has 0 aliphatic carbocycles. The van der Waals surface area contributed by atoms with Crippen LogP contribution in [0.4, 0.5) is 0 Å². The van der Waals surface area contributed by atoms with Crippen molar-refractivity contribution in [2.75, 3.05) is 0 Å². The fourth-order valence-corrected chi connectivity index (χ4v) is 8.84. The maximum absolute atomic E-state index is 6.98. The minimum atomic E-state index is -2.26. The molecule has 3 aromatic rings. The molecule has 2 atom stereocenters. The molecule has 3 heteroatoms. The second-order valence-electron chi connectivity index (χ2n) is 6.76. The van der Waals surface area contributed by atoms with E-state index in [1.807, 2.05) is 0 Å². The van der Waals surface area contributed by atoms with Gasteiger partial charge in [0, 0.05) is 4.47 Å². The molecule has 1 fully saturated rings. The summed E-state index contributed by atoms with van der Waals surface area (Å²) in [5.41, 5.74) is 1.79. The van der Waals surface area contributed by atoms with Crippen LogP contribution in [0.2, 0.25) is 5.54 Å². The number of rotatable bonds is 3. The van der Waals surface area contributed by atoms with E-state index in [9.17, 15) is 0 Å². The third kappa shape index (κ3) is 3.01. The Balaban J connectivity index is 1.80. The summed E-state index contributed by atoms with van der Waals surface area (Å²) in [7, 11) is -2.26. The highest BCUT2D eigenvalue weighted by molar-refractivity contribution is 9.10. The van der Waals surface area contributed by atoms with Gasteiger partial charge in [-0.15, -0.1) is 0 Å². The van der Waals surface area contributed by atoms with E-state index in [1.165, 1.54) is 15.9 Å². The molecule has 1 aliphatic heterocycles. The van der Waals surface area contributed by atoms with Crippen LogP contribution in [0.15, 0.2) is 89.4 Å². The van der Waals surface area contributed by atoms with E-state index in [1.54, 1.807) is 0 Å². The van der Waals surface area contributed by atoms with E-state index in [0.717, 1.165) is 10.9 Å². The molecule has 1 nitrogen and oxygen atoms in total. The SMILES string of the molecule is C[C@@H]1C[C@@H](c2ccc(Br)cc2)O[Si]1(c1ccccc1)c1ccccc1. The lowest BCUT2D eigenvalue weighted by Gasteiger charge is -2.31. The molecule has 0 unspecified atom stereocenters. The highest BCUT2D eigenvalue weighted by Gasteiger charge is 2.52. The second kappa shape index (κ2) is 6.91. The van der Waals surface area contributed by atoms with Crippen LogP contribution in [0.5, 0.6) is 0 Å². The van der Waals surface area contributed by atoms with Crippen LogP contribution >= 0.6 is 15.9 Å². The monoisotopic (exact) mass is 408 g/mol. The topological polar surface area (TPSA) is 9.23 Å².